The Morgan fingerprint density at radius 1 is 1.32 bits per heavy atom. The Morgan fingerprint density at radius 2 is 1.95 bits per heavy atom. The molecule has 0 aromatic heterocycles. The van der Waals surface area contributed by atoms with Crippen molar-refractivity contribution < 1.29 is 4.79 Å². The summed E-state index contributed by atoms with van der Waals surface area (Å²) < 4.78 is 0. The van der Waals surface area contributed by atoms with Crippen LogP contribution in [0.25, 0.3) is 0 Å². The number of ketones is 1. The minimum atomic E-state index is 0.0235. The maximum atomic E-state index is 11.4. The first-order valence-electron chi connectivity index (χ1n) is 6.81. The summed E-state index contributed by atoms with van der Waals surface area (Å²) in [6.07, 6.45) is 2.34. The van der Waals surface area contributed by atoms with Gasteiger partial charge in [0, 0.05) is 36.1 Å². The van der Waals surface area contributed by atoms with E-state index >= 15 is 0 Å². The minimum absolute atomic E-state index is 0.0235. The highest BCUT2D eigenvalue weighted by atomic mass is 16.1. The number of hydrogen-bond donors (Lipinski definition) is 1. The molecule has 0 bridgehead atoms. The molecule has 2 rings (SSSR count). The number of carbonyl (C=O) groups is 1. The van der Waals surface area contributed by atoms with Gasteiger partial charge in [0.2, 0.25) is 0 Å². The summed E-state index contributed by atoms with van der Waals surface area (Å²) >= 11 is 0. The molecule has 0 radical (unpaired) electrons. The molecule has 0 saturated carbocycles. The van der Waals surface area contributed by atoms with Gasteiger partial charge in [-0.05, 0) is 52.1 Å². The average Bonchev–Trinajstić information content (AvgIpc) is 2.38. The molecule has 0 amide bonds. The molecule has 104 valence electrons. The van der Waals surface area contributed by atoms with Crippen LogP contribution in [0.1, 0.15) is 30.1 Å². The first-order chi connectivity index (χ1) is 8.99. The lowest BCUT2D eigenvalue weighted by atomic mass is 10.0. The summed E-state index contributed by atoms with van der Waals surface area (Å²) in [6, 6.07) is 6.44. The second-order valence-electron chi connectivity index (χ2n) is 5.51. The zero-order chi connectivity index (χ0) is 14.0. The molecule has 0 atom stereocenters. The molecule has 1 aromatic carbocycles. The number of benzene rings is 1. The summed E-state index contributed by atoms with van der Waals surface area (Å²) in [5.74, 6) is 0.0235. The van der Waals surface area contributed by atoms with E-state index in [1.54, 1.807) is 6.92 Å². The molecule has 19 heavy (non-hydrogen) atoms. The molecule has 0 aliphatic carbocycles. The largest absolute Gasteiger partial charge is 0.398 e. The van der Waals surface area contributed by atoms with Crippen LogP contribution in [0.5, 0.6) is 0 Å². The standard InChI is InChI=1S/C15H23N3O/c1-11(19)14-5-4-13(10-15(14)16)18-8-6-12(7-9-18)17(2)3/h4-5,10,12H,6-9,16H2,1-3H3. The van der Waals surface area contributed by atoms with Gasteiger partial charge in [-0.25, -0.2) is 0 Å². The zero-order valence-electron chi connectivity index (χ0n) is 12.0. The normalized spacial score (nSPS) is 16.9. The van der Waals surface area contributed by atoms with E-state index in [9.17, 15) is 4.79 Å². The van der Waals surface area contributed by atoms with Crippen LogP contribution < -0.4 is 10.6 Å². The van der Waals surface area contributed by atoms with Crippen molar-refractivity contribution in [3.05, 3.63) is 23.8 Å². The van der Waals surface area contributed by atoms with E-state index in [4.69, 9.17) is 5.73 Å². The van der Waals surface area contributed by atoms with E-state index < -0.39 is 0 Å². The van der Waals surface area contributed by atoms with Gasteiger partial charge in [-0.1, -0.05) is 0 Å². The maximum Gasteiger partial charge on any atom is 0.161 e. The monoisotopic (exact) mass is 261 g/mol. The van der Waals surface area contributed by atoms with Crippen molar-refractivity contribution in [2.45, 2.75) is 25.8 Å². The van der Waals surface area contributed by atoms with Crippen molar-refractivity contribution >= 4 is 17.2 Å². The van der Waals surface area contributed by atoms with Crippen LogP contribution >= 0.6 is 0 Å². The predicted molar refractivity (Wildman–Crippen MR) is 79.8 cm³/mol. The van der Waals surface area contributed by atoms with Gasteiger partial charge in [-0.2, -0.15) is 0 Å². The fraction of sp³-hybridized carbons (Fsp3) is 0.533. The molecular weight excluding hydrogens is 238 g/mol. The molecule has 1 aliphatic rings. The van der Waals surface area contributed by atoms with Crippen molar-refractivity contribution in [3.8, 4) is 0 Å². The van der Waals surface area contributed by atoms with Gasteiger partial charge in [-0.15, -0.1) is 0 Å². The smallest absolute Gasteiger partial charge is 0.161 e. The molecule has 2 N–H and O–H groups in total. The van der Waals surface area contributed by atoms with Gasteiger partial charge in [0.1, 0.15) is 0 Å². The number of hydrogen-bond acceptors (Lipinski definition) is 4. The zero-order valence-corrected chi connectivity index (χ0v) is 12.0. The van der Waals surface area contributed by atoms with Crippen molar-refractivity contribution in [3.63, 3.8) is 0 Å². The third-order valence-corrected chi connectivity index (χ3v) is 3.97. The quantitative estimate of drug-likeness (QED) is 0.668. The fourth-order valence-electron chi connectivity index (χ4n) is 2.71. The molecule has 1 aliphatic heterocycles. The van der Waals surface area contributed by atoms with Gasteiger partial charge >= 0.3 is 0 Å². The highest BCUT2D eigenvalue weighted by molar-refractivity contribution is 5.99. The lowest BCUT2D eigenvalue weighted by Gasteiger charge is -2.36. The predicted octanol–water partition coefficient (Wildman–Crippen LogP) is 2.00. The van der Waals surface area contributed by atoms with Crippen molar-refractivity contribution in [2.24, 2.45) is 0 Å². The molecule has 4 nitrogen and oxygen atoms in total. The lowest BCUT2D eigenvalue weighted by Crippen LogP contribution is -2.42. The highest BCUT2D eigenvalue weighted by Crippen LogP contribution is 2.25. The Hall–Kier alpha value is -1.55. The summed E-state index contributed by atoms with van der Waals surface area (Å²) in [6.45, 7) is 3.64. The number of Topliss-reactive ketones (excluding diaryl/α,β-unsaturated/α-hetero) is 1. The number of piperidine rings is 1. The Morgan fingerprint density at radius 3 is 2.42 bits per heavy atom. The summed E-state index contributed by atoms with van der Waals surface area (Å²) in [5, 5.41) is 0. The number of nitrogen functional groups attached to an aromatic ring is 1. The lowest BCUT2D eigenvalue weighted by molar-refractivity contribution is 0.101. The van der Waals surface area contributed by atoms with E-state index in [-0.39, 0.29) is 5.78 Å². The SMILES string of the molecule is CC(=O)c1ccc(N2CCC(N(C)C)CC2)cc1N. The molecule has 1 fully saturated rings. The van der Waals surface area contributed by atoms with Gasteiger partial charge in [0.25, 0.3) is 0 Å². The molecule has 1 aromatic rings. The van der Waals surface area contributed by atoms with E-state index in [1.807, 2.05) is 18.2 Å². The van der Waals surface area contributed by atoms with Crippen LogP contribution in [0, 0.1) is 0 Å². The van der Waals surface area contributed by atoms with E-state index in [1.165, 1.54) is 12.8 Å². The molecule has 4 heteroatoms. The molecule has 1 saturated heterocycles. The first kappa shape index (κ1) is 13.9. The van der Waals surface area contributed by atoms with Gasteiger partial charge < -0.3 is 15.5 Å². The van der Waals surface area contributed by atoms with Crippen molar-refractivity contribution in [1.29, 1.82) is 0 Å². The summed E-state index contributed by atoms with van der Waals surface area (Å²) in [7, 11) is 4.28. The third-order valence-electron chi connectivity index (χ3n) is 3.97. The van der Waals surface area contributed by atoms with Crippen LogP contribution in [0.3, 0.4) is 0 Å². The summed E-state index contributed by atoms with van der Waals surface area (Å²) in [4.78, 5) is 16.0. The van der Waals surface area contributed by atoms with E-state index in [0.29, 0.717) is 17.3 Å². The molecule has 1 heterocycles. The van der Waals surface area contributed by atoms with Crippen LogP contribution in [0.15, 0.2) is 18.2 Å². The first-order valence-corrected chi connectivity index (χ1v) is 6.81. The van der Waals surface area contributed by atoms with Crippen LogP contribution in [0.2, 0.25) is 0 Å². The Labute approximate surface area is 115 Å². The summed E-state index contributed by atoms with van der Waals surface area (Å²) in [5.41, 5.74) is 8.27. The van der Waals surface area contributed by atoms with Crippen molar-refractivity contribution in [1.82, 2.24) is 4.90 Å². The number of nitrogens with zero attached hydrogens (tertiary/aromatic N) is 2. The number of anilines is 2. The van der Waals surface area contributed by atoms with Gasteiger partial charge in [-0.3, -0.25) is 4.79 Å². The minimum Gasteiger partial charge on any atom is -0.398 e. The van der Waals surface area contributed by atoms with Crippen LogP contribution in [-0.4, -0.2) is 43.9 Å². The topological polar surface area (TPSA) is 49.6 Å². The maximum absolute atomic E-state index is 11.4. The van der Waals surface area contributed by atoms with Gasteiger partial charge in [0.05, 0.1) is 0 Å². The molecule has 0 spiro atoms. The van der Waals surface area contributed by atoms with Gasteiger partial charge in [0.15, 0.2) is 5.78 Å². The number of nitrogens with two attached hydrogens (primary N) is 1. The molecule has 0 unspecified atom stereocenters. The Bertz CT molecular complexity index is 462. The average molecular weight is 261 g/mol. The van der Waals surface area contributed by atoms with Crippen LogP contribution in [0.4, 0.5) is 11.4 Å². The second kappa shape index (κ2) is 5.61. The van der Waals surface area contributed by atoms with E-state index in [0.717, 1.165) is 18.8 Å². The van der Waals surface area contributed by atoms with Crippen LogP contribution in [-0.2, 0) is 0 Å². The number of rotatable bonds is 3. The number of carbonyl (C=O) groups excluding carboxylic acids is 1. The molecular formula is C15H23N3O. The Balaban J connectivity index is 2.08. The van der Waals surface area contributed by atoms with E-state index in [2.05, 4.69) is 23.9 Å². The fourth-order valence-corrected chi connectivity index (χ4v) is 2.71. The second-order valence-corrected chi connectivity index (χ2v) is 5.51. The van der Waals surface area contributed by atoms with Crippen molar-refractivity contribution in [2.75, 3.05) is 37.8 Å². The Kier molecular flexibility index (Phi) is 4.10. The third kappa shape index (κ3) is 3.07. The highest BCUT2D eigenvalue weighted by Gasteiger charge is 2.21.